The number of hydrogen-bond acceptors (Lipinski definition) is 4. The highest BCUT2D eigenvalue weighted by atomic mass is 79.9. The third-order valence-electron chi connectivity index (χ3n) is 2.78. The molecule has 0 aliphatic rings. The SMILES string of the molecule is COC(=O)c1cc(F)ccc1NC(C)c1ccc(Br)s1. The fourth-order valence-corrected chi connectivity index (χ4v) is 3.21. The Morgan fingerprint density at radius 1 is 1.40 bits per heavy atom. The monoisotopic (exact) mass is 357 g/mol. The van der Waals surface area contributed by atoms with Crippen molar-refractivity contribution in [3.05, 3.63) is 50.4 Å². The summed E-state index contributed by atoms with van der Waals surface area (Å²) in [5.41, 5.74) is 0.741. The van der Waals surface area contributed by atoms with Gasteiger partial charge < -0.3 is 10.1 Å². The van der Waals surface area contributed by atoms with E-state index in [1.807, 2.05) is 19.1 Å². The number of nitrogens with one attached hydrogen (secondary N) is 1. The van der Waals surface area contributed by atoms with E-state index in [1.165, 1.54) is 19.2 Å². The van der Waals surface area contributed by atoms with Crippen LogP contribution < -0.4 is 5.32 Å². The first-order valence-corrected chi connectivity index (χ1v) is 7.52. The second-order valence-electron chi connectivity index (χ2n) is 4.19. The van der Waals surface area contributed by atoms with Crippen LogP contribution in [0.2, 0.25) is 0 Å². The van der Waals surface area contributed by atoms with Gasteiger partial charge in [-0.25, -0.2) is 9.18 Å². The second-order valence-corrected chi connectivity index (χ2v) is 6.68. The van der Waals surface area contributed by atoms with E-state index in [-0.39, 0.29) is 11.6 Å². The first kappa shape index (κ1) is 15.0. The number of thiophene rings is 1. The lowest BCUT2D eigenvalue weighted by atomic mass is 10.1. The predicted molar refractivity (Wildman–Crippen MR) is 81.8 cm³/mol. The van der Waals surface area contributed by atoms with Crippen molar-refractivity contribution in [3.8, 4) is 0 Å². The molecule has 0 saturated carbocycles. The van der Waals surface area contributed by atoms with Gasteiger partial charge in [0.15, 0.2) is 0 Å². The number of ether oxygens (including phenoxy) is 1. The lowest BCUT2D eigenvalue weighted by molar-refractivity contribution is 0.0601. The van der Waals surface area contributed by atoms with Crippen molar-refractivity contribution in [2.75, 3.05) is 12.4 Å². The van der Waals surface area contributed by atoms with Gasteiger partial charge >= 0.3 is 5.97 Å². The molecule has 0 spiro atoms. The molecule has 106 valence electrons. The summed E-state index contributed by atoms with van der Waals surface area (Å²) >= 11 is 5.01. The molecule has 2 aromatic rings. The molecule has 3 nitrogen and oxygen atoms in total. The standard InChI is InChI=1S/C14H13BrFNO2S/c1-8(12-5-6-13(15)20-12)17-11-4-3-9(16)7-10(11)14(18)19-2/h3-8,17H,1-2H3. The van der Waals surface area contributed by atoms with E-state index in [0.717, 1.165) is 8.66 Å². The molecule has 0 aliphatic carbocycles. The molecule has 1 N–H and O–H groups in total. The lowest BCUT2D eigenvalue weighted by Crippen LogP contribution is -2.11. The van der Waals surface area contributed by atoms with Gasteiger partial charge in [-0.05, 0) is 53.2 Å². The van der Waals surface area contributed by atoms with E-state index in [1.54, 1.807) is 17.4 Å². The van der Waals surface area contributed by atoms with Crippen LogP contribution in [0.4, 0.5) is 10.1 Å². The number of carbonyl (C=O) groups is 1. The second kappa shape index (κ2) is 6.37. The Labute approximate surface area is 128 Å². The molecule has 1 unspecified atom stereocenters. The van der Waals surface area contributed by atoms with Crippen LogP contribution in [0.25, 0.3) is 0 Å². The van der Waals surface area contributed by atoms with E-state index < -0.39 is 11.8 Å². The Morgan fingerprint density at radius 3 is 2.75 bits per heavy atom. The highest BCUT2D eigenvalue weighted by Gasteiger charge is 2.16. The van der Waals surface area contributed by atoms with E-state index in [2.05, 4.69) is 26.0 Å². The van der Waals surface area contributed by atoms with E-state index in [9.17, 15) is 9.18 Å². The minimum absolute atomic E-state index is 0.000155. The number of anilines is 1. The summed E-state index contributed by atoms with van der Waals surface area (Å²) < 4.78 is 19.0. The summed E-state index contributed by atoms with van der Waals surface area (Å²) in [6, 6.07) is 7.98. The Kier molecular flexibility index (Phi) is 4.77. The fourth-order valence-electron chi connectivity index (χ4n) is 1.79. The van der Waals surface area contributed by atoms with Crippen molar-refractivity contribution in [2.45, 2.75) is 13.0 Å². The maximum absolute atomic E-state index is 13.3. The molecule has 0 amide bonds. The van der Waals surface area contributed by atoms with Gasteiger partial charge in [-0.15, -0.1) is 11.3 Å². The Hall–Kier alpha value is -1.40. The van der Waals surface area contributed by atoms with Crippen LogP contribution in [0, 0.1) is 5.82 Å². The number of esters is 1. The normalized spacial score (nSPS) is 12.0. The molecule has 2 rings (SSSR count). The molecule has 0 bridgehead atoms. The first-order valence-electron chi connectivity index (χ1n) is 5.91. The molecule has 1 aromatic heterocycles. The van der Waals surface area contributed by atoms with Crippen LogP contribution in [-0.2, 0) is 4.74 Å². The molecular weight excluding hydrogens is 345 g/mol. The summed E-state index contributed by atoms with van der Waals surface area (Å²) in [4.78, 5) is 12.8. The average Bonchev–Trinajstić information content (AvgIpc) is 2.86. The number of rotatable bonds is 4. The zero-order chi connectivity index (χ0) is 14.7. The highest BCUT2D eigenvalue weighted by molar-refractivity contribution is 9.11. The van der Waals surface area contributed by atoms with Gasteiger partial charge in [-0.3, -0.25) is 0 Å². The zero-order valence-corrected chi connectivity index (χ0v) is 13.3. The van der Waals surface area contributed by atoms with E-state index in [4.69, 9.17) is 0 Å². The van der Waals surface area contributed by atoms with E-state index in [0.29, 0.717) is 5.69 Å². The minimum Gasteiger partial charge on any atom is -0.465 e. The van der Waals surface area contributed by atoms with Gasteiger partial charge in [0.2, 0.25) is 0 Å². The maximum atomic E-state index is 13.3. The summed E-state index contributed by atoms with van der Waals surface area (Å²) in [6.45, 7) is 1.97. The van der Waals surface area contributed by atoms with Crippen molar-refractivity contribution in [1.82, 2.24) is 0 Å². The van der Waals surface area contributed by atoms with Crippen molar-refractivity contribution < 1.29 is 13.9 Å². The third-order valence-corrected chi connectivity index (χ3v) is 4.59. The largest absolute Gasteiger partial charge is 0.465 e. The number of hydrogen-bond donors (Lipinski definition) is 1. The quantitative estimate of drug-likeness (QED) is 0.812. The molecule has 0 radical (unpaired) electrons. The van der Waals surface area contributed by atoms with Crippen molar-refractivity contribution in [3.63, 3.8) is 0 Å². The van der Waals surface area contributed by atoms with Gasteiger partial charge in [0.05, 0.1) is 22.5 Å². The highest BCUT2D eigenvalue weighted by Crippen LogP contribution is 2.30. The average molecular weight is 358 g/mol. The van der Waals surface area contributed by atoms with Gasteiger partial charge in [0.1, 0.15) is 5.82 Å². The lowest BCUT2D eigenvalue weighted by Gasteiger charge is -2.16. The van der Waals surface area contributed by atoms with Gasteiger partial charge in [0.25, 0.3) is 0 Å². The Balaban J connectivity index is 2.26. The molecule has 20 heavy (non-hydrogen) atoms. The molecule has 1 aromatic carbocycles. The van der Waals surface area contributed by atoms with Gasteiger partial charge in [-0.1, -0.05) is 0 Å². The Bertz CT molecular complexity index is 629. The number of methoxy groups -OCH3 is 1. The molecule has 0 saturated heterocycles. The summed E-state index contributed by atoms with van der Waals surface area (Å²) in [6.07, 6.45) is 0. The molecule has 1 atom stereocenters. The number of halogens is 2. The molecule has 6 heteroatoms. The summed E-state index contributed by atoms with van der Waals surface area (Å²) in [5, 5.41) is 3.20. The first-order chi connectivity index (χ1) is 9.51. The third kappa shape index (κ3) is 3.37. The van der Waals surface area contributed by atoms with Crippen LogP contribution in [0.1, 0.15) is 28.2 Å². The number of carbonyl (C=O) groups excluding carboxylic acids is 1. The zero-order valence-electron chi connectivity index (χ0n) is 10.9. The number of benzene rings is 1. The maximum Gasteiger partial charge on any atom is 0.340 e. The van der Waals surface area contributed by atoms with Crippen LogP contribution >= 0.6 is 27.3 Å². The summed E-state index contributed by atoms with van der Waals surface area (Å²) in [5.74, 6) is -1.03. The van der Waals surface area contributed by atoms with Crippen molar-refractivity contribution in [1.29, 1.82) is 0 Å². The molecule has 0 aliphatic heterocycles. The van der Waals surface area contributed by atoms with Crippen LogP contribution in [0.3, 0.4) is 0 Å². The van der Waals surface area contributed by atoms with Crippen molar-refractivity contribution in [2.24, 2.45) is 0 Å². The van der Waals surface area contributed by atoms with Gasteiger partial charge in [-0.2, -0.15) is 0 Å². The van der Waals surface area contributed by atoms with Crippen molar-refractivity contribution >= 4 is 38.9 Å². The fraction of sp³-hybridized carbons (Fsp3) is 0.214. The molecular formula is C14H13BrFNO2S. The molecule has 1 heterocycles. The van der Waals surface area contributed by atoms with E-state index >= 15 is 0 Å². The smallest absolute Gasteiger partial charge is 0.340 e. The van der Waals surface area contributed by atoms with Gasteiger partial charge in [0, 0.05) is 10.6 Å². The Morgan fingerprint density at radius 2 is 2.15 bits per heavy atom. The summed E-state index contributed by atoms with van der Waals surface area (Å²) in [7, 11) is 1.27. The van der Waals surface area contributed by atoms with Crippen LogP contribution in [-0.4, -0.2) is 13.1 Å². The predicted octanol–water partition coefficient (Wildman–Crippen LogP) is 4.61. The minimum atomic E-state index is -0.563. The van der Waals surface area contributed by atoms with Crippen LogP contribution in [0.15, 0.2) is 34.1 Å². The molecule has 0 fully saturated rings. The topological polar surface area (TPSA) is 38.3 Å². The van der Waals surface area contributed by atoms with Crippen LogP contribution in [0.5, 0.6) is 0 Å².